The smallest absolute Gasteiger partial charge is 0.374 e. The Labute approximate surface area is 385 Å². The summed E-state index contributed by atoms with van der Waals surface area (Å²) in [7, 11) is -5.34. The van der Waals surface area contributed by atoms with Crippen LogP contribution in [0.25, 0.3) is 43.1 Å². The Balaban J connectivity index is 1.07. The molecule has 0 aromatic heterocycles. The van der Waals surface area contributed by atoms with Crippen LogP contribution in [0.4, 0.5) is 0 Å². The van der Waals surface area contributed by atoms with E-state index in [0.29, 0.717) is 77.7 Å². The summed E-state index contributed by atoms with van der Waals surface area (Å²) in [6.45, 7) is 16.4. The molecule has 352 valence electrons. The molecule has 0 radical (unpaired) electrons. The van der Waals surface area contributed by atoms with Crippen LogP contribution >= 0.6 is 0 Å². The highest BCUT2D eigenvalue weighted by Crippen LogP contribution is 2.42. The van der Waals surface area contributed by atoms with E-state index in [1.54, 1.807) is 0 Å². The number of rotatable bonds is 34. The molecular formula is C52H78N2O8Si2. The third-order valence-corrected chi connectivity index (χ3v) is 18.5. The van der Waals surface area contributed by atoms with Crippen LogP contribution in [0.5, 0.6) is 0 Å². The van der Waals surface area contributed by atoms with E-state index in [2.05, 4.69) is 71.3 Å². The second-order valence-electron chi connectivity index (χ2n) is 16.7. The number of hydrogen-bond acceptors (Lipinski definition) is 8. The molecule has 0 unspecified atom stereocenters. The van der Waals surface area contributed by atoms with E-state index in [0.717, 1.165) is 77.0 Å². The van der Waals surface area contributed by atoms with Crippen molar-refractivity contribution in [1.82, 2.24) is 10.6 Å². The lowest BCUT2D eigenvalue weighted by molar-refractivity contribution is -0.122. The number of aryl methyl sites for hydroxylation is 2. The van der Waals surface area contributed by atoms with Crippen molar-refractivity contribution < 1.29 is 36.1 Å². The predicted molar refractivity (Wildman–Crippen MR) is 267 cm³/mol. The lowest BCUT2D eigenvalue weighted by atomic mass is 9.86. The Kier molecular flexibility index (Phi) is 21.9. The van der Waals surface area contributed by atoms with Gasteiger partial charge in [-0.25, -0.2) is 0 Å². The van der Waals surface area contributed by atoms with Gasteiger partial charge in [0.05, 0.1) is 0 Å². The molecule has 0 atom stereocenters. The Morgan fingerprint density at radius 3 is 1.09 bits per heavy atom. The van der Waals surface area contributed by atoms with E-state index in [-0.39, 0.29) is 11.8 Å². The Morgan fingerprint density at radius 1 is 0.406 bits per heavy atom. The summed E-state index contributed by atoms with van der Waals surface area (Å²) in [5, 5.41) is 16.9. The number of fused-ring (bicyclic) bond motifs is 2. The van der Waals surface area contributed by atoms with Gasteiger partial charge in [0.2, 0.25) is 11.8 Å². The highest BCUT2D eigenvalue weighted by atomic mass is 28.4. The monoisotopic (exact) mass is 915 g/mol. The number of carbonyl (C=O) groups is 2. The minimum atomic E-state index is -2.67. The molecule has 0 heterocycles. The molecule has 12 heteroatoms. The second-order valence-corrected chi connectivity index (χ2v) is 22.2. The maximum Gasteiger partial charge on any atom is 0.500 e. The quantitative estimate of drug-likeness (QED) is 0.0182. The molecule has 0 fully saturated rings. The van der Waals surface area contributed by atoms with E-state index in [1.165, 1.54) is 54.2 Å². The first-order chi connectivity index (χ1) is 31.3. The SMILES string of the molecule is CCO[Si](CCCNC(=O)CCCCCCc1ccc2c3cccc4c(CCCCCCC(=O)NCCC[Si](OCC)(OCC)OCC)ccc(c5cccc1c52)c43)(OCC)OCC. The van der Waals surface area contributed by atoms with Crippen LogP contribution in [0, 0.1) is 0 Å². The number of amides is 2. The molecule has 0 aliphatic rings. The van der Waals surface area contributed by atoms with Crippen LogP contribution in [0.1, 0.15) is 130 Å². The van der Waals surface area contributed by atoms with Gasteiger partial charge in [-0.15, -0.1) is 0 Å². The van der Waals surface area contributed by atoms with Crippen LogP contribution in [0.15, 0.2) is 60.7 Å². The third-order valence-electron chi connectivity index (χ3n) is 12.2. The van der Waals surface area contributed by atoms with Crippen molar-refractivity contribution >= 4 is 72.5 Å². The summed E-state index contributed by atoms with van der Waals surface area (Å²) in [5.74, 6) is 0.235. The van der Waals surface area contributed by atoms with Crippen LogP contribution in [0.3, 0.4) is 0 Å². The first kappa shape index (κ1) is 51.5. The lowest BCUT2D eigenvalue weighted by Crippen LogP contribution is -2.46. The van der Waals surface area contributed by atoms with E-state index in [1.807, 2.05) is 41.5 Å². The maximum absolute atomic E-state index is 12.6. The normalized spacial score (nSPS) is 12.3. The summed E-state index contributed by atoms with van der Waals surface area (Å²) in [5.41, 5.74) is 2.80. The summed E-state index contributed by atoms with van der Waals surface area (Å²) >= 11 is 0. The fraction of sp³-hybridized carbons (Fsp3) is 0.577. The molecule has 5 rings (SSSR count). The van der Waals surface area contributed by atoms with E-state index in [4.69, 9.17) is 26.6 Å². The summed E-state index contributed by atoms with van der Waals surface area (Å²) in [6, 6.07) is 24.5. The molecule has 2 amide bonds. The van der Waals surface area contributed by atoms with Crippen LogP contribution in [0.2, 0.25) is 12.1 Å². The largest absolute Gasteiger partial charge is 0.500 e. The highest BCUT2D eigenvalue weighted by molar-refractivity contribution is 6.61. The molecular weight excluding hydrogens is 837 g/mol. The van der Waals surface area contributed by atoms with E-state index in [9.17, 15) is 9.59 Å². The lowest BCUT2D eigenvalue weighted by Gasteiger charge is -2.28. The highest BCUT2D eigenvalue weighted by Gasteiger charge is 2.40. The number of carbonyl (C=O) groups excluding carboxylic acids is 2. The molecule has 10 nitrogen and oxygen atoms in total. The van der Waals surface area contributed by atoms with Gasteiger partial charge in [-0.3, -0.25) is 9.59 Å². The molecule has 5 aromatic carbocycles. The van der Waals surface area contributed by atoms with Crippen molar-refractivity contribution in [3.8, 4) is 0 Å². The van der Waals surface area contributed by atoms with Crippen molar-refractivity contribution in [3.63, 3.8) is 0 Å². The Morgan fingerprint density at radius 2 is 0.734 bits per heavy atom. The van der Waals surface area contributed by atoms with Gasteiger partial charge in [-0.05, 0) is 147 Å². The number of nitrogens with one attached hydrogen (secondary N) is 2. The zero-order valence-corrected chi connectivity index (χ0v) is 42.0. The first-order valence-corrected chi connectivity index (χ1v) is 28.6. The molecule has 2 N–H and O–H groups in total. The van der Waals surface area contributed by atoms with Crippen molar-refractivity contribution in [2.75, 3.05) is 52.7 Å². The van der Waals surface area contributed by atoms with Crippen LogP contribution in [-0.2, 0) is 49.0 Å². The van der Waals surface area contributed by atoms with Gasteiger partial charge in [0.15, 0.2) is 0 Å². The number of benzene rings is 5. The van der Waals surface area contributed by atoms with Crippen molar-refractivity contribution in [3.05, 3.63) is 71.8 Å². The second kappa shape index (κ2) is 27.2. The maximum atomic E-state index is 12.6. The van der Waals surface area contributed by atoms with Gasteiger partial charge in [-0.2, -0.15) is 0 Å². The van der Waals surface area contributed by atoms with Crippen molar-refractivity contribution in [2.45, 2.75) is 144 Å². The molecule has 0 spiro atoms. The van der Waals surface area contributed by atoms with Gasteiger partial charge < -0.3 is 37.2 Å². The van der Waals surface area contributed by atoms with Gasteiger partial charge in [0.25, 0.3) is 0 Å². The fourth-order valence-corrected chi connectivity index (χ4v) is 14.6. The molecule has 0 aliphatic heterocycles. The Bertz CT molecular complexity index is 1960. The van der Waals surface area contributed by atoms with Gasteiger partial charge in [-0.1, -0.05) is 86.3 Å². The van der Waals surface area contributed by atoms with Crippen molar-refractivity contribution in [2.24, 2.45) is 0 Å². The number of hydrogen-bond donors (Lipinski definition) is 2. The summed E-state index contributed by atoms with van der Waals surface area (Å²) in [4.78, 5) is 25.2. The molecule has 0 aliphatic carbocycles. The predicted octanol–water partition coefficient (Wildman–Crippen LogP) is 11.8. The van der Waals surface area contributed by atoms with Crippen LogP contribution < -0.4 is 10.6 Å². The van der Waals surface area contributed by atoms with Crippen molar-refractivity contribution in [1.29, 1.82) is 0 Å². The molecule has 64 heavy (non-hydrogen) atoms. The first-order valence-electron chi connectivity index (χ1n) is 24.7. The minimum absolute atomic E-state index is 0.117. The standard InChI is InChI=1S/C52H78N2O8Si2/c1-7-57-63(58-8-2,59-9-3)39-23-37-53-49(55)31-19-15-13-17-25-41-33-35-47-46-30-22-28-44-42(34-36-48(52(44)46)45-29-21-27-43(41)51(45)47)26-18-14-16-20-32-50(56)54-38-24-40-64(60-10-4,61-11-5)62-12-6/h21-22,27-30,33-36H,7-20,23-26,31-32,37-40H2,1-6H3,(H,53,55)(H,54,56). The molecule has 0 saturated carbocycles. The zero-order valence-electron chi connectivity index (χ0n) is 40.0. The summed E-state index contributed by atoms with van der Waals surface area (Å²) in [6.07, 6.45) is 13.0. The average molecular weight is 915 g/mol. The minimum Gasteiger partial charge on any atom is -0.374 e. The third kappa shape index (κ3) is 14.3. The van der Waals surface area contributed by atoms with Gasteiger partial charge >= 0.3 is 17.6 Å². The zero-order chi connectivity index (χ0) is 45.6. The molecule has 5 aromatic rings. The van der Waals surface area contributed by atoms with Gasteiger partial charge in [0, 0.05) is 77.7 Å². The molecule has 0 saturated heterocycles. The molecule has 0 bridgehead atoms. The fourth-order valence-electron chi connectivity index (χ4n) is 9.42. The Hall–Kier alpha value is -3.47. The van der Waals surface area contributed by atoms with Crippen LogP contribution in [-0.4, -0.2) is 82.2 Å². The summed E-state index contributed by atoms with van der Waals surface area (Å²) < 4.78 is 35.6. The average Bonchev–Trinajstić information content (AvgIpc) is 3.29. The topological polar surface area (TPSA) is 114 Å². The van der Waals surface area contributed by atoms with E-state index >= 15 is 0 Å². The number of unbranched alkanes of at least 4 members (excludes halogenated alkanes) is 6. The van der Waals surface area contributed by atoms with E-state index < -0.39 is 17.6 Å². The van der Waals surface area contributed by atoms with Gasteiger partial charge in [0.1, 0.15) is 0 Å².